The first-order chi connectivity index (χ1) is 22.9. The summed E-state index contributed by atoms with van der Waals surface area (Å²) in [4.78, 5) is 30.7. The molecule has 4 heterocycles. The van der Waals surface area contributed by atoms with E-state index in [9.17, 15) is 35.2 Å². The van der Waals surface area contributed by atoms with Crippen LogP contribution in [0.15, 0.2) is 122 Å². The van der Waals surface area contributed by atoms with Crippen LogP contribution < -0.4 is 11.4 Å². The molecule has 0 saturated carbocycles. The quantitative estimate of drug-likeness (QED) is 0.148. The van der Waals surface area contributed by atoms with Gasteiger partial charge in [0.1, 0.15) is 11.6 Å². The van der Waals surface area contributed by atoms with Crippen molar-refractivity contribution in [3.8, 4) is 23.1 Å². The number of aromatic nitrogens is 10. The van der Waals surface area contributed by atoms with Gasteiger partial charge in [-0.1, -0.05) is 0 Å². The highest BCUT2D eigenvalue weighted by molar-refractivity contribution is 7.96. The summed E-state index contributed by atoms with van der Waals surface area (Å²) in [5, 5.41) is 18.7. The molecule has 0 aliphatic rings. The van der Waals surface area contributed by atoms with Crippen LogP contribution in [0, 0.1) is 23.3 Å². The summed E-state index contributed by atoms with van der Waals surface area (Å²) in [6.45, 7) is 0. The van der Waals surface area contributed by atoms with Crippen LogP contribution in [0.4, 0.5) is 8.78 Å². The Morgan fingerprint density at radius 2 is 1.27 bits per heavy atom. The van der Waals surface area contributed by atoms with Crippen molar-refractivity contribution in [1.29, 1.82) is 0 Å². The van der Waals surface area contributed by atoms with Crippen molar-refractivity contribution in [2.24, 2.45) is 0 Å². The number of halogens is 3. The number of terminal acetylenes is 1. The van der Waals surface area contributed by atoms with Crippen LogP contribution in [0.5, 0.6) is 0 Å². The van der Waals surface area contributed by atoms with Crippen molar-refractivity contribution in [1.82, 2.24) is 50.0 Å². The lowest BCUT2D eigenvalue weighted by Crippen LogP contribution is -2.21. The normalized spacial score (nSPS) is 10.9. The Bertz CT molecular complexity index is 2390. The Morgan fingerprint density at radius 3 is 1.73 bits per heavy atom. The highest BCUT2D eigenvalue weighted by Crippen LogP contribution is 2.13. The van der Waals surface area contributed by atoms with Crippen molar-refractivity contribution in [2.75, 3.05) is 0 Å². The molecule has 6 rings (SSSR count). The highest BCUT2D eigenvalue weighted by atomic mass is 35.5. The van der Waals surface area contributed by atoms with E-state index in [2.05, 4.69) is 35.9 Å². The topological polar surface area (TPSA) is 210 Å². The lowest BCUT2D eigenvalue weighted by atomic mass is 10.4. The Labute approximate surface area is 281 Å². The van der Waals surface area contributed by atoms with Crippen LogP contribution in [-0.2, 0) is 19.7 Å². The molecule has 0 bridgehead atoms. The van der Waals surface area contributed by atoms with Crippen molar-refractivity contribution in [3.05, 3.63) is 136 Å². The summed E-state index contributed by atoms with van der Waals surface area (Å²) in [6.07, 6.45) is 11.8. The lowest BCUT2D eigenvalue weighted by Gasteiger charge is -1.98. The zero-order valence-electron chi connectivity index (χ0n) is 24.4. The Balaban J connectivity index is 0.000000219. The van der Waals surface area contributed by atoms with Gasteiger partial charge in [-0.15, -0.1) is 18.8 Å². The molecule has 49 heavy (non-hydrogen) atoms. The number of aromatic amines is 1. The number of nitrogens with one attached hydrogen (secondary N) is 1. The first-order valence-electron chi connectivity index (χ1n) is 12.9. The minimum absolute atomic E-state index is 0. The third kappa shape index (κ3) is 9.91. The Kier molecular flexibility index (Phi) is 12.6. The molecule has 0 fully saturated rings. The number of tetrazole rings is 2. The average molecular weight is 731 g/mol. The Hall–Kier alpha value is -6.17. The van der Waals surface area contributed by atoms with Gasteiger partial charge in [-0.25, -0.2) is 40.3 Å². The first-order valence-corrected chi connectivity index (χ1v) is 16.0. The molecule has 0 unspecified atom stereocenters. The standard InChI is InChI=1S/C14H10FN5O3S.C8H5FO2S.C6H5N5O.ClH/c15-11-3-5-13(6-4-11)24(22,23)9-8-19-14(21)20(18-17-19)12-2-1-7-16-10-12;1-2-12(10,11)8-5-3-7(9)4-6-8;12-6-8-9-10-11(6)5-2-1-3-7-4-5;/h1-10H;1,3-6H;1-4H,(H,8,10,12);1H/b9-8+;;;. The number of benzene rings is 2. The van der Waals surface area contributed by atoms with Crippen molar-refractivity contribution >= 4 is 38.3 Å². The zero-order valence-corrected chi connectivity index (χ0v) is 26.9. The molecule has 4 aromatic heterocycles. The van der Waals surface area contributed by atoms with E-state index in [0.29, 0.717) is 11.4 Å². The minimum atomic E-state index is -3.84. The van der Waals surface area contributed by atoms with E-state index in [-0.39, 0.29) is 27.9 Å². The van der Waals surface area contributed by atoms with E-state index in [0.717, 1.165) is 74.2 Å². The van der Waals surface area contributed by atoms with Gasteiger partial charge in [0.15, 0.2) is 0 Å². The van der Waals surface area contributed by atoms with Gasteiger partial charge in [0.25, 0.3) is 0 Å². The molecule has 252 valence electrons. The molecule has 0 radical (unpaired) electrons. The third-order valence-electron chi connectivity index (χ3n) is 5.66. The van der Waals surface area contributed by atoms with Crippen LogP contribution >= 0.6 is 12.4 Å². The molecule has 0 atom stereocenters. The summed E-state index contributed by atoms with van der Waals surface area (Å²) in [5.41, 5.74) is -0.0450. The molecule has 21 heteroatoms. The fourth-order valence-corrected chi connectivity index (χ4v) is 4.94. The maximum absolute atomic E-state index is 12.9. The molecule has 16 nitrogen and oxygen atoms in total. The summed E-state index contributed by atoms with van der Waals surface area (Å²) in [5.74, 6) is -1.04. The van der Waals surface area contributed by atoms with Gasteiger partial charge in [0, 0.05) is 23.8 Å². The number of hydrogen-bond donors (Lipinski definition) is 1. The first kappa shape index (κ1) is 37.3. The van der Waals surface area contributed by atoms with Gasteiger partial charge in [0.05, 0.1) is 39.0 Å². The van der Waals surface area contributed by atoms with Gasteiger partial charge in [0.2, 0.25) is 19.7 Å². The van der Waals surface area contributed by atoms with Gasteiger partial charge < -0.3 is 0 Å². The maximum Gasteiger partial charge on any atom is 0.372 e. The zero-order chi connectivity index (χ0) is 34.7. The number of sulfone groups is 2. The summed E-state index contributed by atoms with van der Waals surface area (Å²) >= 11 is 0. The largest absolute Gasteiger partial charge is 0.372 e. The second-order valence-electron chi connectivity index (χ2n) is 8.82. The number of nitrogens with zero attached hydrogens (tertiary/aromatic N) is 9. The fourth-order valence-electron chi connectivity index (χ4n) is 3.36. The monoisotopic (exact) mass is 730 g/mol. The number of H-pyrrole nitrogens is 1. The third-order valence-corrected chi connectivity index (χ3v) is 8.27. The van der Waals surface area contributed by atoms with E-state index < -0.39 is 37.0 Å². The van der Waals surface area contributed by atoms with E-state index in [4.69, 9.17) is 6.42 Å². The lowest BCUT2D eigenvalue weighted by molar-refractivity contribution is 0.601. The van der Waals surface area contributed by atoms with Crippen molar-refractivity contribution in [3.63, 3.8) is 0 Å². The van der Waals surface area contributed by atoms with Crippen LogP contribution in [0.2, 0.25) is 0 Å². The van der Waals surface area contributed by atoms with Crippen molar-refractivity contribution < 1.29 is 25.6 Å². The van der Waals surface area contributed by atoms with Gasteiger partial charge in [-0.2, -0.15) is 14.0 Å². The fraction of sp³-hybridized carbons (Fsp3) is 0. The van der Waals surface area contributed by atoms with Crippen LogP contribution in [-0.4, -0.2) is 66.8 Å². The van der Waals surface area contributed by atoms with Crippen LogP contribution in [0.1, 0.15) is 0 Å². The molecule has 0 aliphatic heterocycles. The number of hydrogen-bond acceptors (Lipinski definition) is 12. The van der Waals surface area contributed by atoms with Gasteiger partial charge >= 0.3 is 11.4 Å². The van der Waals surface area contributed by atoms with Crippen LogP contribution in [0.25, 0.3) is 17.6 Å². The molecule has 0 aliphatic carbocycles. The van der Waals surface area contributed by atoms with Crippen molar-refractivity contribution in [2.45, 2.75) is 9.79 Å². The molecule has 0 saturated heterocycles. The molecule has 0 spiro atoms. The SMILES string of the molecule is C#CS(=O)(=O)c1ccc(F)cc1.Cl.O=c1[nH]nnn1-c1cccnc1.O=c1n(/C=C/S(=O)(=O)c2ccc(F)cc2)nnn1-c1cccnc1. The molecule has 1 N–H and O–H groups in total. The molecule has 6 aromatic rings. The second-order valence-corrected chi connectivity index (χ2v) is 12.4. The minimum Gasteiger partial charge on any atom is -0.262 e. The highest BCUT2D eigenvalue weighted by Gasteiger charge is 2.12. The summed E-state index contributed by atoms with van der Waals surface area (Å²) in [7, 11) is -7.50. The second kappa shape index (κ2) is 16.6. The van der Waals surface area contributed by atoms with E-state index >= 15 is 0 Å². The molecule has 2 aromatic carbocycles. The number of pyridine rings is 2. The molecule has 0 amide bonds. The van der Waals surface area contributed by atoms with Gasteiger partial charge in [-0.3, -0.25) is 9.97 Å². The maximum atomic E-state index is 12.9. The number of rotatable bonds is 6. The van der Waals surface area contributed by atoms with Gasteiger partial charge in [-0.05, 0) is 93.6 Å². The van der Waals surface area contributed by atoms with E-state index in [1.165, 1.54) is 18.6 Å². The predicted octanol–water partition coefficient (Wildman–Crippen LogP) is 1.83. The van der Waals surface area contributed by atoms with E-state index in [1.54, 1.807) is 35.7 Å². The smallest absolute Gasteiger partial charge is 0.262 e. The Morgan fingerprint density at radius 1 is 0.735 bits per heavy atom. The van der Waals surface area contributed by atoms with E-state index in [1.807, 2.05) is 0 Å². The molecular formula is C28H21ClF2N10O6S2. The summed E-state index contributed by atoms with van der Waals surface area (Å²) < 4.78 is 74.2. The predicted molar refractivity (Wildman–Crippen MR) is 172 cm³/mol. The summed E-state index contributed by atoms with van der Waals surface area (Å²) in [6, 6.07) is 15.3. The molecular weight excluding hydrogens is 710 g/mol. The average Bonchev–Trinajstić information content (AvgIpc) is 3.70. The van der Waals surface area contributed by atoms with Crippen LogP contribution in [0.3, 0.4) is 0 Å².